The van der Waals surface area contributed by atoms with Gasteiger partial charge in [0.1, 0.15) is 24.4 Å². The van der Waals surface area contributed by atoms with Gasteiger partial charge in [0.15, 0.2) is 6.29 Å². The lowest BCUT2D eigenvalue weighted by molar-refractivity contribution is -0.302. The number of nitrogens with one attached hydrogen (secondary N) is 1. The van der Waals surface area contributed by atoms with Gasteiger partial charge in [-0.1, -0.05) is 224 Å². The molecule has 9 nitrogen and oxygen atoms in total. The van der Waals surface area contributed by atoms with E-state index < -0.39 is 49.5 Å². The quantitative estimate of drug-likeness (QED) is 0.0262. The first-order valence-electron chi connectivity index (χ1n) is 26.2. The predicted molar refractivity (Wildman–Crippen MR) is 258 cm³/mol. The van der Waals surface area contributed by atoms with E-state index in [-0.39, 0.29) is 12.5 Å². The Bertz CT molecular complexity index is 1070. The van der Waals surface area contributed by atoms with Crippen molar-refractivity contribution in [3.05, 3.63) is 36.5 Å². The summed E-state index contributed by atoms with van der Waals surface area (Å²) in [4.78, 5) is 13.0. The van der Waals surface area contributed by atoms with Gasteiger partial charge in [0, 0.05) is 6.42 Å². The molecule has 1 amide bonds. The number of aliphatic hydroxyl groups is 5. The van der Waals surface area contributed by atoms with Gasteiger partial charge < -0.3 is 40.3 Å². The third-order valence-electron chi connectivity index (χ3n) is 12.4. The van der Waals surface area contributed by atoms with Gasteiger partial charge in [-0.2, -0.15) is 0 Å². The largest absolute Gasteiger partial charge is 0.394 e. The van der Waals surface area contributed by atoms with Crippen molar-refractivity contribution in [3.63, 3.8) is 0 Å². The summed E-state index contributed by atoms with van der Waals surface area (Å²) in [5.74, 6) is -0.188. The van der Waals surface area contributed by atoms with Crippen LogP contribution >= 0.6 is 0 Å². The van der Waals surface area contributed by atoms with Gasteiger partial charge >= 0.3 is 0 Å². The van der Waals surface area contributed by atoms with Crippen LogP contribution in [0.25, 0.3) is 0 Å². The first kappa shape index (κ1) is 58.4. The van der Waals surface area contributed by atoms with Gasteiger partial charge in [-0.15, -0.1) is 0 Å². The van der Waals surface area contributed by atoms with E-state index in [1.807, 2.05) is 6.08 Å². The summed E-state index contributed by atoms with van der Waals surface area (Å²) in [7, 11) is 0. The van der Waals surface area contributed by atoms with Crippen LogP contribution in [0.4, 0.5) is 0 Å². The van der Waals surface area contributed by atoms with Crippen LogP contribution < -0.4 is 5.32 Å². The minimum Gasteiger partial charge on any atom is -0.394 e. The summed E-state index contributed by atoms with van der Waals surface area (Å²) in [6, 6.07) is -0.825. The lowest BCUT2D eigenvalue weighted by Crippen LogP contribution is -2.60. The van der Waals surface area contributed by atoms with E-state index in [2.05, 4.69) is 43.5 Å². The average molecular weight is 878 g/mol. The van der Waals surface area contributed by atoms with Crippen molar-refractivity contribution in [1.82, 2.24) is 5.32 Å². The molecular formula is C53H99NO8. The van der Waals surface area contributed by atoms with Crippen LogP contribution in [-0.2, 0) is 14.3 Å². The van der Waals surface area contributed by atoms with E-state index in [1.54, 1.807) is 6.08 Å². The second-order valence-electron chi connectivity index (χ2n) is 18.3. The van der Waals surface area contributed by atoms with E-state index in [4.69, 9.17) is 9.47 Å². The summed E-state index contributed by atoms with van der Waals surface area (Å²) >= 11 is 0. The van der Waals surface area contributed by atoms with Crippen molar-refractivity contribution in [2.75, 3.05) is 13.2 Å². The maximum absolute atomic E-state index is 13.0. The first-order valence-corrected chi connectivity index (χ1v) is 26.2. The average Bonchev–Trinajstić information content (AvgIpc) is 3.27. The van der Waals surface area contributed by atoms with E-state index in [0.29, 0.717) is 6.42 Å². The van der Waals surface area contributed by atoms with Crippen molar-refractivity contribution < 1.29 is 39.8 Å². The van der Waals surface area contributed by atoms with Gasteiger partial charge in [0.2, 0.25) is 5.91 Å². The molecule has 0 aromatic carbocycles. The van der Waals surface area contributed by atoms with Crippen molar-refractivity contribution in [3.8, 4) is 0 Å². The Hall–Kier alpha value is -1.59. The zero-order valence-electron chi connectivity index (χ0n) is 40.1. The van der Waals surface area contributed by atoms with Crippen LogP contribution in [0, 0.1) is 0 Å². The summed E-state index contributed by atoms with van der Waals surface area (Å²) in [6.07, 6.45) is 47.7. The van der Waals surface area contributed by atoms with Crippen molar-refractivity contribution in [2.24, 2.45) is 0 Å². The van der Waals surface area contributed by atoms with E-state index >= 15 is 0 Å². The Balaban J connectivity index is 2.32. The van der Waals surface area contributed by atoms with Crippen LogP contribution in [0.15, 0.2) is 36.5 Å². The van der Waals surface area contributed by atoms with Crippen molar-refractivity contribution in [1.29, 1.82) is 0 Å². The summed E-state index contributed by atoms with van der Waals surface area (Å²) in [5.41, 5.74) is 0. The molecule has 364 valence electrons. The molecule has 1 aliphatic rings. The lowest BCUT2D eigenvalue weighted by Gasteiger charge is -2.40. The number of carbonyl (C=O) groups is 1. The summed E-state index contributed by atoms with van der Waals surface area (Å²) in [5, 5.41) is 54.3. The molecule has 0 aromatic rings. The van der Waals surface area contributed by atoms with Crippen LogP contribution in [0.1, 0.15) is 239 Å². The molecule has 0 saturated carbocycles. The molecule has 1 rings (SSSR count). The standard InChI is InChI=1S/C53H99NO8/c1-3-5-7-9-11-13-15-17-19-21-23-25-26-28-30-32-34-36-38-40-42-47(56)46(45-61-53-52(60)51(59)50(58)48(44-55)62-53)54-49(57)43-41-39-37-35-33-31-29-27-24-22-20-18-16-14-12-10-8-6-4-2/h25-26,32,34,40,42,46-48,50-53,55-56,58-60H,3-24,27-31,33,35-39,41,43-45H2,1-2H3,(H,54,57)/b26-25+,34-32+,42-40+. The molecule has 1 aliphatic heterocycles. The Kier molecular flexibility index (Phi) is 40.8. The van der Waals surface area contributed by atoms with Crippen molar-refractivity contribution in [2.45, 2.75) is 281 Å². The van der Waals surface area contributed by atoms with Gasteiger partial charge in [-0.05, 0) is 44.9 Å². The maximum Gasteiger partial charge on any atom is 0.220 e. The monoisotopic (exact) mass is 878 g/mol. The number of unbranched alkanes of at least 4 members (excludes halogenated alkanes) is 30. The fourth-order valence-electron chi connectivity index (χ4n) is 8.25. The predicted octanol–water partition coefficient (Wildman–Crippen LogP) is 12.0. The molecule has 1 heterocycles. The van der Waals surface area contributed by atoms with Crippen LogP contribution in [0.2, 0.25) is 0 Å². The van der Waals surface area contributed by atoms with E-state index in [1.165, 1.54) is 173 Å². The fourth-order valence-corrected chi connectivity index (χ4v) is 8.25. The zero-order chi connectivity index (χ0) is 45.1. The minimum atomic E-state index is -1.57. The summed E-state index contributed by atoms with van der Waals surface area (Å²) < 4.78 is 11.2. The van der Waals surface area contributed by atoms with Crippen LogP contribution in [0.3, 0.4) is 0 Å². The number of ether oxygens (including phenoxy) is 2. The Morgan fingerprint density at radius 2 is 0.919 bits per heavy atom. The lowest BCUT2D eigenvalue weighted by atomic mass is 9.99. The maximum atomic E-state index is 13.0. The molecule has 9 heteroatoms. The van der Waals surface area contributed by atoms with Gasteiger partial charge in [0.05, 0.1) is 25.4 Å². The van der Waals surface area contributed by atoms with Gasteiger partial charge in [-0.3, -0.25) is 4.79 Å². The van der Waals surface area contributed by atoms with E-state index in [0.717, 1.165) is 44.9 Å². The van der Waals surface area contributed by atoms with Crippen LogP contribution in [-0.4, -0.2) is 87.5 Å². The normalized spacial score (nSPS) is 20.5. The Morgan fingerprint density at radius 3 is 1.35 bits per heavy atom. The summed E-state index contributed by atoms with van der Waals surface area (Å²) in [6.45, 7) is 3.77. The molecule has 6 N–H and O–H groups in total. The zero-order valence-corrected chi connectivity index (χ0v) is 40.1. The molecule has 7 unspecified atom stereocenters. The molecule has 7 atom stereocenters. The fraction of sp³-hybridized carbons (Fsp3) is 0.868. The molecule has 1 fully saturated rings. The van der Waals surface area contributed by atoms with Gasteiger partial charge in [0.25, 0.3) is 0 Å². The smallest absolute Gasteiger partial charge is 0.220 e. The molecule has 0 bridgehead atoms. The Labute approximate surface area is 381 Å². The highest BCUT2D eigenvalue weighted by atomic mass is 16.7. The second-order valence-corrected chi connectivity index (χ2v) is 18.3. The Morgan fingerprint density at radius 1 is 0.532 bits per heavy atom. The number of hydrogen-bond donors (Lipinski definition) is 6. The SMILES string of the molecule is CCCCCCCCCCCC/C=C/CC/C=C/CC/C=C/C(O)C(COC1OC(CO)C(O)C(O)C1O)NC(=O)CCCCCCCCCCCCCCCCCCCCC. The number of amides is 1. The number of hydrogen-bond acceptors (Lipinski definition) is 8. The third-order valence-corrected chi connectivity index (χ3v) is 12.4. The molecule has 0 spiro atoms. The molecule has 0 radical (unpaired) electrons. The highest BCUT2D eigenvalue weighted by molar-refractivity contribution is 5.76. The molecular weight excluding hydrogens is 779 g/mol. The second kappa shape index (κ2) is 43.3. The number of aliphatic hydroxyl groups excluding tert-OH is 5. The van der Waals surface area contributed by atoms with Crippen LogP contribution in [0.5, 0.6) is 0 Å². The van der Waals surface area contributed by atoms with Gasteiger partial charge in [-0.25, -0.2) is 0 Å². The number of allylic oxidation sites excluding steroid dienone is 5. The highest BCUT2D eigenvalue weighted by Crippen LogP contribution is 2.23. The molecule has 1 saturated heterocycles. The van der Waals surface area contributed by atoms with E-state index in [9.17, 15) is 30.3 Å². The molecule has 0 aromatic heterocycles. The minimum absolute atomic E-state index is 0.188. The first-order chi connectivity index (χ1) is 30.3. The number of rotatable bonds is 44. The molecule has 0 aliphatic carbocycles. The number of carbonyl (C=O) groups excluding carboxylic acids is 1. The highest BCUT2D eigenvalue weighted by Gasteiger charge is 2.44. The van der Waals surface area contributed by atoms with Crippen molar-refractivity contribution >= 4 is 5.91 Å². The molecule has 62 heavy (non-hydrogen) atoms. The third kappa shape index (κ3) is 33.0. The topological polar surface area (TPSA) is 149 Å².